The number of hydrogen-bond acceptors (Lipinski definition) is 6. The van der Waals surface area contributed by atoms with Crippen molar-refractivity contribution in [1.82, 2.24) is 5.32 Å². The third-order valence-corrected chi connectivity index (χ3v) is 4.76. The number of ether oxygens (including phenoxy) is 1. The van der Waals surface area contributed by atoms with E-state index in [4.69, 9.17) is 10.5 Å². The Kier molecular flexibility index (Phi) is 4.58. The smallest absolute Gasteiger partial charge is 0.290 e. The van der Waals surface area contributed by atoms with Gasteiger partial charge in [-0.15, -0.1) is 0 Å². The van der Waals surface area contributed by atoms with Gasteiger partial charge in [-0.05, 0) is 36.7 Å². The largest absolute Gasteiger partial charge is 0.495 e. The Morgan fingerprint density at radius 1 is 1.43 bits per heavy atom. The summed E-state index contributed by atoms with van der Waals surface area (Å²) in [7, 11) is 1.63. The molecule has 6 nitrogen and oxygen atoms in total. The van der Waals surface area contributed by atoms with Crippen LogP contribution in [0.2, 0.25) is 0 Å². The fourth-order valence-corrected chi connectivity index (χ4v) is 3.61. The zero-order chi connectivity index (χ0) is 16.4. The van der Waals surface area contributed by atoms with E-state index in [1.54, 1.807) is 13.2 Å². The highest BCUT2D eigenvalue weighted by atomic mass is 32.2. The first-order chi connectivity index (χ1) is 11.1. The number of amides is 2. The quantitative estimate of drug-likeness (QED) is 0.823. The predicted octanol–water partition coefficient (Wildman–Crippen LogP) is 1.95. The van der Waals surface area contributed by atoms with E-state index in [1.807, 2.05) is 18.2 Å². The Labute approximate surface area is 139 Å². The highest BCUT2D eigenvalue weighted by molar-refractivity contribution is 8.18. The summed E-state index contributed by atoms with van der Waals surface area (Å²) in [6.07, 6.45) is 3.76. The lowest BCUT2D eigenvalue weighted by Crippen LogP contribution is -2.43. The molecule has 23 heavy (non-hydrogen) atoms. The van der Waals surface area contributed by atoms with E-state index < -0.39 is 0 Å². The first-order valence-electron chi connectivity index (χ1n) is 7.51. The molecule has 3 N–H and O–H groups in total. The van der Waals surface area contributed by atoms with Crippen LogP contribution in [0.1, 0.15) is 18.4 Å². The molecule has 0 unspecified atom stereocenters. The first-order valence-corrected chi connectivity index (χ1v) is 8.32. The molecule has 1 aromatic rings. The summed E-state index contributed by atoms with van der Waals surface area (Å²) in [5.74, 6) is 0.382. The SMILES string of the molecule is COc1cccc(/C=C2\SC(=O)NC2=O)c1N1CCC[C@@H](N)C1. The Morgan fingerprint density at radius 3 is 2.91 bits per heavy atom. The standard InChI is InChI=1S/C16H19N3O3S/c1-22-12-6-2-4-10(8-13-15(20)18-16(21)23-13)14(12)19-7-3-5-11(17)9-19/h2,4,6,8,11H,3,5,7,9,17H2,1H3,(H,18,20,21)/b13-8-/t11-/m1/s1. The molecule has 2 amide bonds. The number of nitrogens with two attached hydrogens (primary N) is 1. The van der Waals surface area contributed by atoms with Gasteiger partial charge >= 0.3 is 0 Å². The van der Waals surface area contributed by atoms with Crippen molar-refractivity contribution in [3.63, 3.8) is 0 Å². The highest BCUT2D eigenvalue weighted by Crippen LogP contribution is 2.37. The molecule has 2 heterocycles. The van der Waals surface area contributed by atoms with Gasteiger partial charge < -0.3 is 15.4 Å². The Hall–Kier alpha value is -1.99. The van der Waals surface area contributed by atoms with Crippen molar-refractivity contribution in [2.24, 2.45) is 5.73 Å². The molecule has 122 valence electrons. The molecule has 2 aliphatic rings. The number of nitrogens with zero attached hydrogens (tertiary/aromatic N) is 1. The van der Waals surface area contributed by atoms with E-state index in [0.29, 0.717) is 4.91 Å². The topological polar surface area (TPSA) is 84.7 Å². The van der Waals surface area contributed by atoms with Gasteiger partial charge in [-0.25, -0.2) is 0 Å². The van der Waals surface area contributed by atoms with E-state index in [-0.39, 0.29) is 17.2 Å². The van der Waals surface area contributed by atoms with Crippen LogP contribution in [-0.2, 0) is 4.79 Å². The second-order valence-electron chi connectivity index (χ2n) is 5.60. The summed E-state index contributed by atoms with van der Waals surface area (Å²) in [6.45, 7) is 1.64. The van der Waals surface area contributed by atoms with Crippen LogP contribution in [0.5, 0.6) is 5.75 Å². The summed E-state index contributed by atoms with van der Waals surface area (Å²) in [4.78, 5) is 25.7. The van der Waals surface area contributed by atoms with Crippen LogP contribution in [0, 0.1) is 0 Å². The van der Waals surface area contributed by atoms with Crippen molar-refractivity contribution in [1.29, 1.82) is 0 Å². The summed E-state index contributed by atoms with van der Waals surface area (Å²) in [6, 6.07) is 5.81. The molecule has 3 rings (SSSR count). The van der Waals surface area contributed by atoms with Crippen molar-refractivity contribution in [3.8, 4) is 5.75 Å². The van der Waals surface area contributed by atoms with Crippen LogP contribution in [0.4, 0.5) is 10.5 Å². The van der Waals surface area contributed by atoms with Gasteiger partial charge in [0.05, 0.1) is 17.7 Å². The average molecular weight is 333 g/mol. The third-order valence-electron chi connectivity index (χ3n) is 3.95. The summed E-state index contributed by atoms with van der Waals surface area (Å²) < 4.78 is 5.50. The van der Waals surface area contributed by atoms with Gasteiger partial charge in [0, 0.05) is 24.7 Å². The number of methoxy groups -OCH3 is 1. The molecular formula is C16H19N3O3S. The molecule has 7 heteroatoms. The van der Waals surface area contributed by atoms with Crippen molar-refractivity contribution in [3.05, 3.63) is 28.7 Å². The first kappa shape index (κ1) is 15.9. The number of thioether (sulfide) groups is 1. The molecule has 0 saturated carbocycles. The number of carbonyl (C=O) groups excluding carboxylic acids is 2. The summed E-state index contributed by atoms with van der Waals surface area (Å²) in [5.41, 5.74) is 7.87. The Bertz CT molecular complexity index is 675. The van der Waals surface area contributed by atoms with Crippen LogP contribution >= 0.6 is 11.8 Å². The number of nitrogens with one attached hydrogen (secondary N) is 1. The van der Waals surface area contributed by atoms with E-state index in [0.717, 1.165) is 54.7 Å². The molecule has 2 saturated heterocycles. The number of imide groups is 1. The summed E-state index contributed by atoms with van der Waals surface area (Å²) in [5, 5.41) is 1.93. The molecular weight excluding hydrogens is 314 g/mol. The number of carbonyl (C=O) groups is 2. The number of anilines is 1. The molecule has 1 atom stereocenters. The second-order valence-corrected chi connectivity index (χ2v) is 6.61. The highest BCUT2D eigenvalue weighted by Gasteiger charge is 2.27. The Morgan fingerprint density at radius 2 is 2.26 bits per heavy atom. The fourth-order valence-electron chi connectivity index (χ4n) is 2.93. The third kappa shape index (κ3) is 3.35. The molecule has 0 radical (unpaired) electrons. The maximum absolute atomic E-state index is 11.8. The maximum atomic E-state index is 11.8. The molecule has 0 aliphatic carbocycles. The molecule has 1 aromatic carbocycles. The second kappa shape index (κ2) is 6.64. The molecule has 2 aliphatic heterocycles. The molecule has 0 bridgehead atoms. The van der Waals surface area contributed by atoms with Gasteiger partial charge in [0.2, 0.25) is 0 Å². The minimum Gasteiger partial charge on any atom is -0.495 e. The van der Waals surface area contributed by atoms with Crippen molar-refractivity contribution in [2.45, 2.75) is 18.9 Å². The number of benzene rings is 1. The zero-order valence-electron chi connectivity index (χ0n) is 12.9. The monoisotopic (exact) mass is 333 g/mol. The van der Waals surface area contributed by atoms with E-state index >= 15 is 0 Å². The minimum atomic E-state index is -0.357. The normalized spacial score (nSPS) is 23.3. The number of piperidine rings is 1. The lowest BCUT2D eigenvalue weighted by molar-refractivity contribution is -0.115. The number of para-hydroxylation sites is 1. The van der Waals surface area contributed by atoms with Crippen LogP contribution in [0.25, 0.3) is 6.08 Å². The van der Waals surface area contributed by atoms with Crippen LogP contribution in [0.15, 0.2) is 23.1 Å². The zero-order valence-corrected chi connectivity index (χ0v) is 13.7. The minimum absolute atomic E-state index is 0.125. The van der Waals surface area contributed by atoms with Gasteiger partial charge in [-0.3, -0.25) is 14.9 Å². The van der Waals surface area contributed by atoms with Crippen LogP contribution < -0.4 is 20.7 Å². The van der Waals surface area contributed by atoms with Gasteiger partial charge in [0.15, 0.2) is 0 Å². The number of rotatable bonds is 3. The lowest BCUT2D eigenvalue weighted by Gasteiger charge is -2.34. The van der Waals surface area contributed by atoms with Crippen LogP contribution in [0.3, 0.4) is 0 Å². The van der Waals surface area contributed by atoms with Gasteiger partial charge in [0.1, 0.15) is 5.75 Å². The maximum Gasteiger partial charge on any atom is 0.290 e. The van der Waals surface area contributed by atoms with E-state index in [1.165, 1.54) is 0 Å². The van der Waals surface area contributed by atoms with Gasteiger partial charge in [0.25, 0.3) is 11.1 Å². The predicted molar refractivity (Wildman–Crippen MR) is 91.5 cm³/mol. The number of hydrogen-bond donors (Lipinski definition) is 2. The van der Waals surface area contributed by atoms with Crippen LogP contribution in [-0.4, -0.2) is 37.4 Å². The van der Waals surface area contributed by atoms with E-state index in [9.17, 15) is 9.59 Å². The average Bonchev–Trinajstić information content (AvgIpc) is 2.84. The van der Waals surface area contributed by atoms with Gasteiger partial charge in [-0.2, -0.15) is 0 Å². The Balaban J connectivity index is 2.01. The molecule has 0 spiro atoms. The van der Waals surface area contributed by atoms with E-state index in [2.05, 4.69) is 10.2 Å². The van der Waals surface area contributed by atoms with Crippen molar-refractivity contribution in [2.75, 3.05) is 25.1 Å². The van der Waals surface area contributed by atoms with Crippen molar-refractivity contribution >= 4 is 34.7 Å². The fraction of sp³-hybridized carbons (Fsp3) is 0.375. The van der Waals surface area contributed by atoms with Crippen molar-refractivity contribution < 1.29 is 14.3 Å². The van der Waals surface area contributed by atoms with Gasteiger partial charge in [-0.1, -0.05) is 12.1 Å². The molecule has 0 aromatic heterocycles. The summed E-state index contributed by atoms with van der Waals surface area (Å²) >= 11 is 0.915. The molecule has 2 fully saturated rings. The lowest BCUT2D eigenvalue weighted by atomic mass is 10.0.